The van der Waals surface area contributed by atoms with Gasteiger partial charge < -0.3 is 16.0 Å². The van der Waals surface area contributed by atoms with Crippen molar-refractivity contribution in [1.29, 1.82) is 0 Å². The van der Waals surface area contributed by atoms with Crippen LogP contribution in [0.3, 0.4) is 0 Å². The third kappa shape index (κ3) is 3.38. The molecule has 1 aliphatic rings. The molecular formula is C13H13NaO4. The van der Waals surface area contributed by atoms with Gasteiger partial charge in [-0.15, -0.1) is 0 Å². The number of carbonyl (C=O) groups is 1. The zero-order valence-corrected chi connectivity index (χ0v) is 12.2. The van der Waals surface area contributed by atoms with Crippen molar-refractivity contribution in [3.05, 3.63) is 48.1 Å². The molecule has 1 N–H and O–H groups in total. The summed E-state index contributed by atoms with van der Waals surface area (Å²) in [5, 5.41) is 8.99. The van der Waals surface area contributed by atoms with Gasteiger partial charge in [-0.2, -0.15) is 0 Å². The van der Waals surface area contributed by atoms with Crippen LogP contribution in [0.5, 0.6) is 11.5 Å². The standard InChI is InChI=1S/C13H12O4.Na.H/c1-2-3-10(13(14)15)6-9-4-5-11-12(7-9)17-8-16-11;;/h2-5,7H,1,6,8H2,(H,14,15);;/q;+1;-1. The van der Waals surface area contributed by atoms with E-state index in [2.05, 4.69) is 6.58 Å². The molecule has 1 heterocycles. The Morgan fingerprint density at radius 1 is 1.44 bits per heavy atom. The molecule has 0 saturated carbocycles. The fraction of sp³-hybridized carbons (Fsp3) is 0.154. The Kier molecular flexibility index (Phi) is 5.47. The first-order valence-electron chi connectivity index (χ1n) is 5.14. The van der Waals surface area contributed by atoms with Crippen molar-refractivity contribution < 1.29 is 50.4 Å². The molecule has 18 heavy (non-hydrogen) atoms. The predicted molar refractivity (Wildman–Crippen MR) is 63.3 cm³/mol. The molecule has 2 rings (SSSR count). The number of hydrogen-bond donors (Lipinski definition) is 1. The van der Waals surface area contributed by atoms with Crippen LogP contribution in [-0.4, -0.2) is 17.9 Å². The number of benzene rings is 1. The summed E-state index contributed by atoms with van der Waals surface area (Å²) in [6.45, 7) is 3.71. The molecule has 4 nitrogen and oxygen atoms in total. The van der Waals surface area contributed by atoms with Gasteiger partial charge in [0.2, 0.25) is 6.79 Å². The molecule has 0 saturated heterocycles. The Bertz CT molecular complexity index is 499. The summed E-state index contributed by atoms with van der Waals surface area (Å²) in [6.07, 6.45) is 3.29. The first-order chi connectivity index (χ1) is 8.20. The van der Waals surface area contributed by atoms with Gasteiger partial charge in [0, 0.05) is 12.0 Å². The van der Waals surface area contributed by atoms with E-state index in [-0.39, 0.29) is 37.8 Å². The fourth-order valence-corrected chi connectivity index (χ4v) is 1.62. The first-order valence-corrected chi connectivity index (χ1v) is 5.14. The first kappa shape index (κ1) is 14.8. The van der Waals surface area contributed by atoms with Crippen molar-refractivity contribution in [2.45, 2.75) is 6.42 Å². The van der Waals surface area contributed by atoms with E-state index in [0.717, 1.165) is 5.56 Å². The Balaban J connectivity index is 0.00000162. The Labute approximate surface area is 129 Å². The van der Waals surface area contributed by atoms with Crippen molar-refractivity contribution in [2.75, 3.05) is 6.79 Å². The molecule has 0 amide bonds. The number of fused-ring (bicyclic) bond motifs is 1. The molecule has 0 fully saturated rings. The molecule has 5 heteroatoms. The van der Waals surface area contributed by atoms with Crippen LogP contribution in [0.25, 0.3) is 0 Å². The normalized spacial score (nSPS) is 12.8. The molecule has 0 aromatic heterocycles. The van der Waals surface area contributed by atoms with Crippen molar-refractivity contribution >= 4 is 5.97 Å². The SMILES string of the molecule is C=CC=C(Cc1ccc2c(c1)OCO2)C(=O)O.[H-].[Na+]. The van der Waals surface area contributed by atoms with E-state index >= 15 is 0 Å². The van der Waals surface area contributed by atoms with Gasteiger partial charge >= 0.3 is 35.5 Å². The quantitative estimate of drug-likeness (QED) is 0.438. The van der Waals surface area contributed by atoms with Crippen LogP contribution in [0.4, 0.5) is 0 Å². The van der Waals surface area contributed by atoms with Gasteiger partial charge in [0.1, 0.15) is 0 Å². The summed E-state index contributed by atoms with van der Waals surface area (Å²) in [5.74, 6) is 0.409. The maximum atomic E-state index is 11.0. The topological polar surface area (TPSA) is 55.8 Å². The minimum Gasteiger partial charge on any atom is -1.00 e. The van der Waals surface area contributed by atoms with Gasteiger partial charge in [-0.05, 0) is 17.7 Å². The average Bonchev–Trinajstić information content (AvgIpc) is 2.75. The van der Waals surface area contributed by atoms with Crippen molar-refractivity contribution in [1.82, 2.24) is 0 Å². The van der Waals surface area contributed by atoms with Crippen LogP contribution in [0, 0.1) is 0 Å². The monoisotopic (exact) mass is 256 g/mol. The molecule has 0 radical (unpaired) electrons. The molecule has 1 aromatic carbocycles. The number of allylic oxidation sites excluding steroid dienone is 2. The fourth-order valence-electron chi connectivity index (χ4n) is 1.62. The van der Waals surface area contributed by atoms with E-state index in [1.165, 1.54) is 12.2 Å². The maximum Gasteiger partial charge on any atom is 1.00 e. The average molecular weight is 256 g/mol. The minimum atomic E-state index is -0.942. The summed E-state index contributed by atoms with van der Waals surface area (Å²) in [7, 11) is 0. The van der Waals surface area contributed by atoms with E-state index in [0.29, 0.717) is 23.5 Å². The molecule has 0 aliphatic carbocycles. The van der Waals surface area contributed by atoms with Crippen LogP contribution in [0.1, 0.15) is 6.99 Å². The molecule has 90 valence electrons. The van der Waals surface area contributed by atoms with Gasteiger partial charge in [0.05, 0.1) is 0 Å². The molecule has 0 atom stereocenters. The van der Waals surface area contributed by atoms with E-state index in [4.69, 9.17) is 14.6 Å². The summed E-state index contributed by atoms with van der Waals surface area (Å²) in [5.41, 5.74) is 1.16. The third-order valence-electron chi connectivity index (χ3n) is 2.43. The second kappa shape index (κ2) is 6.64. The van der Waals surface area contributed by atoms with Crippen LogP contribution in [-0.2, 0) is 11.2 Å². The number of carboxylic acid groups (broad SMARTS) is 1. The smallest absolute Gasteiger partial charge is 1.00 e. The van der Waals surface area contributed by atoms with Crippen molar-refractivity contribution in [3.8, 4) is 11.5 Å². The Morgan fingerprint density at radius 2 is 2.17 bits per heavy atom. The van der Waals surface area contributed by atoms with E-state index < -0.39 is 5.97 Å². The van der Waals surface area contributed by atoms with Gasteiger partial charge in [0.15, 0.2) is 11.5 Å². The number of aliphatic carboxylic acids is 1. The molecule has 0 bridgehead atoms. The summed E-state index contributed by atoms with van der Waals surface area (Å²) >= 11 is 0. The van der Waals surface area contributed by atoms with Crippen LogP contribution >= 0.6 is 0 Å². The zero-order chi connectivity index (χ0) is 12.3. The largest absolute Gasteiger partial charge is 1.00 e. The zero-order valence-electron chi connectivity index (χ0n) is 11.2. The molecular weight excluding hydrogens is 243 g/mol. The summed E-state index contributed by atoms with van der Waals surface area (Å²) in [4.78, 5) is 11.0. The maximum absolute atomic E-state index is 11.0. The molecule has 1 aromatic rings. The van der Waals surface area contributed by atoms with E-state index in [1.807, 2.05) is 6.07 Å². The second-order valence-corrected chi connectivity index (χ2v) is 3.60. The van der Waals surface area contributed by atoms with Crippen molar-refractivity contribution in [3.63, 3.8) is 0 Å². The van der Waals surface area contributed by atoms with Gasteiger partial charge in [-0.25, -0.2) is 4.79 Å². The van der Waals surface area contributed by atoms with Crippen LogP contribution in [0.2, 0.25) is 0 Å². The van der Waals surface area contributed by atoms with E-state index in [1.54, 1.807) is 12.1 Å². The van der Waals surface area contributed by atoms with E-state index in [9.17, 15) is 4.79 Å². The predicted octanol–water partition coefficient (Wildman–Crippen LogP) is -0.729. The minimum absolute atomic E-state index is 0. The van der Waals surface area contributed by atoms with Crippen molar-refractivity contribution in [2.24, 2.45) is 0 Å². The molecule has 0 spiro atoms. The van der Waals surface area contributed by atoms with Crippen LogP contribution in [0.15, 0.2) is 42.5 Å². The van der Waals surface area contributed by atoms with Gasteiger partial charge in [-0.1, -0.05) is 24.8 Å². The third-order valence-corrected chi connectivity index (χ3v) is 2.43. The number of hydrogen-bond acceptors (Lipinski definition) is 3. The summed E-state index contributed by atoms with van der Waals surface area (Å²) < 4.78 is 10.4. The van der Waals surface area contributed by atoms with Crippen LogP contribution < -0.4 is 39.0 Å². The van der Waals surface area contributed by atoms with Gasteiger partial charge in [0.25, 0.3) is 0 Å². The number of ether oxygens (including phenoxy) is 2. The molecule has 1 aliphatic heterocycles. The summed E-state index contributed by atoms with van der Waals surface area (Å²) in [6, 6.07) is 5.40. The Morgan fingerprint density at radius 3 is 2.83 bits per heavy atom. The van der Waals surface area contributed by atoms with Gasteiger partial charge in [-0.3, -0.25) is 0 Å². The number of rotatable bonds is 4. The molecule has 0 unspecified atom stereocenters. The Hall–Kier alpha value is -1.23. The number of carboxylic acids is 1. The second-order valence-electron chi connectivity index (χ2n) is 3.60.